The third-order valence-electron chi connectivity index (χ3n) is 2.90. The Kier molecular flexibility index (Phi) is 7.27. The van der Waals surface area contributed by atoms with Crippen molar-refractivity contribution in [3.8, 4) is 0 Å². The van der Waals surface area contributed by atoms with Crippen molar-refractivity contribution in [2.75, 3.05) is 0 Å². The molecule has 122 valence electrons. The van der Waals surface area contributed by atoms with E-state index < -0.39 is 23.5 Å². The van der Waals surface area contributed by atoms with Gasteiger partial charge in [0.2, 0.25) is 0 Å². The zero-order valence-electron chi connectivity index (χ0n) is 12.5. The number of halogens is 6. The number of rotatable bonds is 3. The molecule has 0 spiro atoms. The lowest BCUT2D eigenvalue weighted by Crippen LogP contribution is -2.12. The zero-order chi connectivity index (χ0) is 16.8. The van der Waals surface area contributed by atoms with E-state index in [9.17, 15) is 26.3 Å². The van der Waals surface area contributed by atoms with Crippen LogP contribution in [-0.4, -0.2) is 0 Å². The molecule has 0 amide bonds. The minimum atomic E-state index is -4.78. The molecule has 1 aromatic rings. The summed E-state index contributed by atoms with van der Waals surface area (Å²) in [7, 11) is 0. The van der Waals surface area contributed by atoms with Crippen LogP contribution in [-0.2, 0) is 12.4 Å². The highest BCUT2D eigenvalue weighted by molar-refractivity contribution is 5.35. The maximum absolute atomic E-state index is 12.6. The average Bonchev–Trinajstić information content (AvgIpc) is 2.39. The number of alkyl halides is 6. The molecule has 0 nitrogen and oxygen atoms in total. The standard InChI is InChI=1S/C13H14F6.C2H6/c1-3-4-8(2)9-5-10(12(14,15)16)7-11(6-9)13(17,18)19;1-2/h5-8H,3-4H2,1-2H3;1-2H3. The number of hydrogen-bond acceptors (Lipinski definition) is 0. The lowest BCUT2D eigenvalue weighted by molar-refractivity contribution is -0.143. The van der Waals surface area contributed by atoms with Crippen LogP contribution in [0.3, 0.4) is 0 Å². The van der Waals surface area contributed by atoms with Crippen LogP contribution in [0.25, 0.3) is 0 Å². The third-order valence-corrected chi connectivity index (χ3v) is 2.90. The summed E-state index contributed by atoms with van der Waals surface area (Å²) in [6.45, 7) is 7.45. The lowest BCUT2D eigenvalue weighted by Gasteiger charge is -2.17. The average molecular weight is 314 g/mol. The SMILES string of the molecule is CC.CCCC(C)c1cc(C(F)(F)F)cc(C(F)(F)F)c1. The van der Waals surface area contributed by atoms with E-state index in [2.05, 4.69) is 0 Å². The summed E-state index contributed by atoms with van der Waals surface area (Å²) in [5.41, 5.74) is -2.43. The lowest BCUT2D eigenvalue weighted by atomic mass is 9.93. The van der Waals surface area contributed by atoms with Crippen molar-refractivity contribution >= 4 is 0 Å². The Labute approximate surface area is 121 Å². The van der Waals surface area contributed by atoms with Crippen molar-refractivity contribution in [2.24, 2.45) is 0 Å². The fourth-order valence-corrected chi connectivity index (χ4v) is 1.86. The molecule has 0 bridgehead atoms. The summed E-state index contributed by atoms with van der Waals surface area (Å²) in [4.78, 5) is 0. The van der Waals surface area contributed by atoms with Gasteiger partial charge in [-0.05, 0) is 36.1 Å². The van der Waals surface area contributed by atoms with E-state index in [0.717, 1.165) is 12.1 Å². The molecule has 0 aliphatic rings. The van der Waals surface area contributed by atoms with E-state index in [1.165, 1.54) is 0 Å². The summed E-state index contributed by atoms with van der Waals surface area (Å²) in [5, 5.41) is 0. The van der Waals surface area contributed by atoms with Crippen LogP contribution < -0.4 is 0 Å². The van der Waals surface area contributed by atoms with Gasteiger partial charge in [0.25, 0.3) is 0 Å². The van der Waals surface area contributed by atoms with Gasteiger partial charge in [0.05, 0.1) is 11.1 Å². The number of benzene rings is 1. The smallest absolute Gasteiger partial charge is 0.166 e. The molecule has 0 N–H and O–H groups in total. The summed E-state index contributed by atoms with van der Waals surface area (Å²) in [6.07, 6.45) is -8.32. The van der Waals surface area contributed by atoms with Crippen molar-refractivity contribution in [1.82, 2.24) is 0 Å². The van der Waals surface area contributed by atoms with Crippen LogP contribution >= 0.6 is 0 Å². The second kappa shape index (κ2) is 7.71. The van der Waals surface area contributed by atoms with Gasteiger partial charge in [-0.15, -0.1) is 0 Å². The molecule has 1 unspecified atom stereocenters. The molecular weight excluding hydrogens is 294 g/mol. The monoisotopic (exact) mass is 314 g/mol. The molecule has 1 atom stereocenters. The zero-order valence-corrected chi connectivity index (χ0v) is 12.5. The molecule has 0 saturated carbocycles. The van der Waals surface area contributed by atoms with Gasteiger partial charge < -0.3 is 0 Å². The molecule has 1 aromatic carbocycles. The van der Waals surface area contributed by atoms with Crippen molar-refractivity contribution in [3.05, 3.63) is 34.9 Å². The van der Waals surface area contributed by atoms with Crippen LogP contribution in [0.1, 0.15) is 63.1 Å². The molecule has 0 aromatic heterocycles. The summed E-state index contributed by atoms with van der Waals surface area (Å²) < 4.78 is 75.7. The first kappa shape index (κ1) is 19.8. The van der Waals surface area contributed by atoms with Crippen LogP contribution in [0.2, 0.25) is 0 Å². The highest BCUT2D eigenvalue weighted by Crippen LogP contribution is 2.38. The van der Waals surface area contributed by atoms with Gasteiger partial charge in [-0.3, -0.25) is 0 Å². The second-order valence-corrected chi connectivity index (χ2v) is 4.53. The Morgan fingerprint density at radius 1 is 0.857 bits per heavy atom. The Morgan fingerprint density at radius 2 is 1.24 bits per heavy atom. The van der Waals surface area contributed by atoms with E-state index >= 15 is 0 Å². The van der Waals surface area contributed by atoms with Crippen molar-refractivity contribution in [1.29, 1.82) is 0 Å². The summed E-state index contributed by atoms with van der Waals surface area (Å²) in [5.74, 6) is -0.339. The minimum absolute atomic E-state index is 0.0731. The van der Waals surface area contributed by atoms with E-state index in [0.29, 0.717) is 12.8 Å². The van der Waals surface area contributed by atoms with Gasteiger partial charge >= 0.3 is 12.4 Å². The van der Waals surface area contributed by atoms with Crippen LogP contribution in [0.5, 0.6) is 0 Å². The molecule has 0 aliphatic carbocycles. The maximum Gasteiger partial charge on any atom is 0.416 e. The molecule has 0 radical (unpaired) electrons. The van der Waals surface area contributed by atoms with Crippen LogP contribution in [0, 0.1) is 0 Å². The molecule has 6 heteroatoms. The predicted molar refractivity (Wildman–Crippen MR) is 71.1 cm³/mol. The molecular formula is C15H20F6. The highest BCUT2D eigenvalue weighted by atomic mass is 19.4. The topological polar surface area (TPSA) is 0 Å². The van der Waals surface area contributed by atoms with Gasteiger partial charge in [0.15, 0.2) is 0 Å². The molecule has 0 fully saturated rings. The fourth-order valence-electron chi connectivity index (χ4n) is 1.86. The van der Waals surface area contributed by atoms with E-state index in [-0.39, 0.29) is 17.5 Å². The Bertz CT molecular complexity index is 399. The molecule has 0 saturated heterocycles. The summed E-state index contributed by atoms with van der Waals surface area (Å²) in [6, 6.07) is 1.76. The van der Waals surface area contributed by atoms with Gasteiger partial charge in [-0.2, -0.15) is 26.3 Å². The van der Waals surface area contributed by atoms with E-state index in [1.807, 2.05) is 20.8 Å². The quantitative estimate of drug-likeness (QED) is 0.548. The predicted octanol–water partition coefficient (Wildman–Crippen LogP) is 6.65. The number of hydrogen-bond donors (Lipinski definition) is 0. The van der Waals surface area contributed by atoms with Gasteiger partial charge in [-0.1, -0.05) is 34.1 Å². The second-order valence-electron chi connectivity index (χ2n) is 4.53. The minimum Gasteiger partial charge on any atom is -0.166 e. The van der Waals surface area contributed by atoms with Gasteiger partial charge in [0.1, 0.15) is 0 Å². The Morgan fingerprint density at radius 3 is 1.52 bits per heavy atom. The molecule has 0 heterocycles. The largest absolute Gasteiger partial charge is 0.416 e. The van der Waals surface area contributed by atoms with Crippen molar-refractivity contribution < 1.29 is 26.3 Å². The first-order chi connectivity index (χ1) is 9.55. The van der Waals surface area contributed by atoms with Crippen LogP contribution in [0.4, 0.5) is 26.3 Å². The van der Waals surface area contributed by atoms with Crippen molar-refractivity contribution in [2.45, 2.75) is 58.8 Å². The highest BCUT2D eigenvalue weighted by Gasteiger charge is 2.37. The summed E-state index contributed by atoms with van der Waals surface area (Å²) >= 11 is 0. The molecule has 0 aliphatic heterocycles. The Balaban J connectivity index is 0.00000191. The first-order valence-corrected chi connectivity index (χ1v) is 6.85. The van der Waals surface area contributed by atoms with E-state index in [4.69, 9.17) is 0 Å². The Hall–Kier alpha value is -1.20. The fraction of sp³-hybridized carbons (Fsp3) is 0.600. The third kappa shape index (κ3) is 5.98. The van der Waals surface area contributed by atoms with Gasteiger partial charge in [0, 0.05) is 0 Å². The van der Waals surface area contributed by atoms with Crippen LogP contribution in [0.15, 0.2) is 18.2 Å². The maximum atomic E-state index is 12.6. The van der Waals surface area contributed by atoms with Crippen molar-refractivity contribution in [3.63, 3.8) is 0 Å². The van der Waals surface area contributed by atoms with E-state index in [1.54, 1.807) is 6.92 Å². The normalized spacial score (nSPS) is 13.4. The van der Waals surface area contributed by atoms with Gasteiger partial charge in [-0.25, -0.2) is 0 Å². The molecule has 21 heavy (non-hydrogen) atoms. The molecule has 1 rings (SSSR count). The first-order valence-electron chi connectivity index (χ1n) is 6.85.